The molecular formula is C22H22N2O. The van der Waals surface area contributed by atoms with E-state index in [0.29, 0.717) is 6.61 Å². The SMILES string of the molecule is Cc1ccc(COc2ccc(C=NNc3ccc(C)cc3)cc2)cc1. The van der Waals surface area contributed by atoms with E-state index in [9.17, 15) is 0 Å². The highest BCUT2D eigenvalue weighted by Crippen LogP contribution is 2.14. The van der Waals surface area contributed by atoms with E-state index in [1.807, 2.05) is 36.4 Å². The quantitative estimate of drug-likeness (QED) is 0.489. The topological polar surface area (TPSA) is 33.6 Å². The van der Waals surface area contributed by atoms with Gasteiger partial charge < -0.3 is 4.74 Å². The fourth-order valence-electron chi connectivity index (χ4n) is 2.31. The minimum atomic E-state index is 0.572. The monoisotopic (exact) mass is 330 g/mol. The molecular weight excluding hydrogens is 308 g/mol. The molecule has 0 aliphatic carbocycles. The summed E-state index contributed by atoms with van der Waals surface area (Å²) >= 11 is 0. The molecule has 0 radical (unpaired) electrons. The van der Waals surface area contributed by atoms with Crippen molar-refractivity contribution in [3.05, 3.63) is 95.1 Å². The van der Waals surface area contributed by atoms with Crippen LogP contribution in [0.15, 0.2) is 77.9 Å². The Labute approximate surface area is 149 Å². The highest BCUT2D eigenvalue weighted by molar-refractivity contribution is 5.80. The molecule has 25 heavy (non-hydrogen) atoms. The van der Waals surface area contributed by atoms with E-state index in [4.69, 9.17) is 4.74 Å². The zero-order valence-corrected chi connectivity index (χ0v) is 14.6. The number of ether oxygens (including phenoxy) is 1. The maximum atomic E-state index is 5.81. The number of hydrogen-bond donors (Lipinski definition) is 1. The van der Waals surface area contributed by atoms with Crippen molar-refractivity contribution in [2.24, 2.45) is 5.10 Å². The van der Waals surface area contributed by atoms with Gasteiger partial charge in [0.25, 0.3) is 0 Å². The van der Waals surface area contributed by atoms with E-state index in [1.54, 1.807) is 6.21 Å². The third kappa shape index (κ3) is 5.21. The number of nitrogens with zero attached hydrogens (tertiary/aromatic N) is 1. The largest absolute Gasteiger partial charge is 0.489 e. The minimum absolute atomic E-state index is 0.572. The maximum Gasteiger partial charge on any atom is 0.119 e. The van der Waals surface area contributed by atoms with Crippen LogP contribution >= 0.6 is 0 Å². The van der Waals surface area contributed by atoms with Gasteiger partial charge in [-0.1, -0.05) is 47.5 Å². The van der Waals surface area contributed by atoms with Crippen LogP contribution < -0.4 is 10.2 Å². The molecule has 0 aliphatic heterocycles. The predicted octanol–water partition coefficient (Wildman–Crippen LogP) is 5.33. The molecule has 0 saturated heterocycles. The summed E-state index contributed by atoms with van der Waals surface area (Å²) < 4.78 is 5.81. The molecule has 3 heteroatoms. The van der Waals surface area contributed by atoms with Crippen LogP contribution in [0.5, 0.6) is 5.75 Å². The molecule has 0 aromatic heterocycles. The third-order valence-corrected chi connectivity index (χ3v) is 3.87. The van der Waals surface area contributed by atoms with Gasteiger partial charge in [-0.3, -0.25) is 5.43 Å². The summed E-state index contributed by atoms with van der Waals surface area (Å²) in [7, 11) is 0. The lowest BCUT2D eigenvalue weighted by Gasteiger charge is -2.07. The smallest absolute Gasteiger partial charge is 0.119 e. The van der Waals surface area contributed by atoms with E-state index >= 15 is 0 Å². The van der Waals surface area contributed by atoms with E-state index in [0.717, 1.165) is 17.0 Å². The Morgan fingerprint density at radius 2 is 1.40 bits per heavy atom. The van der Waals surface area contributed by atoms with Gasteiger partial charge in [-0.25, -0.2) is 0 Å². The number of aryl methyl sites for hydroxylation is 2. The van der Waals surface area contributed by atoms with Crippen LogP contribution in [0.2, 0.25) is 0 Å². The first-order valence-electron chi connectivity index (χ1n) is 8.33. The van der Waals surface area contributed by atoms with E-state index < -0.39 is 0 Å². The van der Waals surface area contributed by atoms with Crippen LogP contribution in [0, 0.1) is 13.8 Å². The molecule has 0 bridgehead atoms. The van der Waals surface area contributed by atoms with Gasteiger partial charge in [0, 0.05) is 0 Å². The normalized spacial score (nSPS) is 10.8. The Kier molecular flexibility index (Phi) is 5.47. The molecule has 0 amide bonds. The van der Waals surface area contributed by atoms with E-state index in [1.165, 1.54) is 16.7 Å². The fraction of sp³-hybridized carbons (Fsp3) is 0.136. The maximum absolute atomic E-state index is 5.81. The number of anilines is 1. The van der Waals surface area contributed by atoms with Crippen molar-refractivity contribution in [2.45, 2.75) is 20.5 Å². The summed E-state index contributed by atoms with van der Waals surface area (Å²) in [6.07, 6.45) is 1.80. The Hall–Kier alpha value is -3.07. The summed E-state index contributed by atoms with van der Waals surface area (Å²) in [6, 6.07) is 24.4. The average molecular weight is 330 g/mol. The number of hydrazone groups is 1. The highest BCUT2D eigenvalue weighted by Gasteiger charge is 1.97. The number of nitrogens with one attached hydrogen (secondary N) is 1. The molecule has 0 heterocycles. The Morgan fingerprint density at radius 3 is 2.04 bits per heavy atom. The van der Waals surface area contributed by atoms with Gasteiger partial charge in [-0.15, -0.1) is 0 Å². The van der Waals surface area contributed by atoms with Crippen molar-refractivity contribution >= 4 is 11.9 Å². The summed E-state index contributed by atoms with van der Waals surface area (Å²) in [6.45, 7) is 4.72. The molecule has 3 nitrogen and oxygen atoms in total. The Morgan fingerprint density at radius 1 is 0.800 bits per heavy atom. The highest BCUT2D eigenvalue weighted by atomic mass is 16.5. The first kappa shape index (κ1) is 16.8. The summed E-state index contributed by atoms with van der Waals surface area (Å²) in [5, 5.41) is 4.26. The molecule has 3 aromatic carbocycles. The van der Waals surface area contributed by atoms with Gasteiger partial charge in [-0.2, -0.15) is 5.10 Å². The first-order chi connectivity index (χ1) is 12.2. The fourth-order valence-corrected chi connectivity index (χ4v) is 2.31. The molecule has 0 saturated carbocycles. The van der Waals surface area contributed by atoms with Crippen LogP contribution in [-0.4, -0.2) is 6.21 Å². The number of hydrogen-bond acceptors (Lipinski definition) is 3. The van der Waals surface area contributed by atoms with Crippen molar-refractivity contribution in [1.82, 2.24) is 0 Å². The van der Waals surface area contributed by atoms with Crippen molar-refractivity contribution < 1.29 is 4.74 Å². The lowest BCUT2D eigenvalue weighted by atomic mass is 10.2. The first-order valence-corrected chi connectivity index (χ1v) is 8.33. The van der Waals surface area contributed by atoms with Crippen LogP contribution in [0.4, 0.5) is 5.69 Å². The van der Waals surface area contributed by atoms with Gasteiger partial charge in [0.2, 0.25) is 0 Å². The number of rotatable bonds is 6. The third-order valence-electron chi connectivity index (χ3n) is 3.87. The summed E-state index contributed by atoms with van der Waals surface area (Å²) in [5.41, 5.74) is 8.67. The number of benzene rings is 3. The molecule has 0 aliphatic rings. The lowest BCUT2D eigenvalue weighted by molar-refractivity contribution is 0.306. The summed E-state index contributed by atoms with van der Waals surface area (Å²) in [5.74, 6) is 0.851. The van der Waals surface area contributed by atoms with Crippen molar-refractivity contribution in [2.75, 3.05) is 5.43 Å². The van der Waals surface area contributed by atoms with Crippen LogP contribution in [0.3, 0.4) is 0 Å². The minimum Gasteiger partial charge on any atom is -0.489 e. The molecule has 0 unspecified atom stereocenters. The standard InChI is InChI=1S/C22H22N2O/c1-17-3-7-20(8-4-17)16-25-22-13-9-19(10-14-22)15-23-24-21-11-5-18(2)6-12-21/h3-15,24H,16H2,1-2H3. The summed E-state index contributed by atoms with van der Waals surface area (Å²) in [4.78, 5) is 0. The van der Waals surface area contributed by atoms with Gasteiger partial charge in [0.15, 0.2) is 0 Å². The Balaban J connectivity index is 1.52. The van der Waals surface area contributed by atoms with Crippen molar-refractivity contribution in [3.63, 3.8) is 0 Å². The molecule has 0 fully saturated rings. The van der Waals surface area contributed by atoms with Crippen LogP contribution in [0.1, 0.15) is 22.3 Å². The zero-order chi connectivity index (χ0) is 17.5. The van der Waals surface area contributed by atoms with Gasteiger partial charge in [-0.05, 0) is 61.4 Å². The zero-order valence-electron chi connectivity index (χ0n) is 14.6. The van der Waals surface area contributed by atoms with Gasteiger partial charge in [0.05, 0.1) is 11.9 Å². The Bertz CT molecular complexity index is 819. The van der Waals surface area contributed by atoms with Crippen molar-refractivity contribution in [1.29, 1.82) is 0 Å². The van der Waals surface area contributed by atoms with Crippen LogP contribution in [0.25, 0.3) is 0 Å². The molecule has 0 atom stereocenters. The van der Waals surface area contributed by atoms with Gasteiger partial charge >= 0.3 is 0 Å². The lowest BCUT2D eigenvalue weighted by Crippen LogP contribution is -1.95. The molecule has 1 N–H and O–H groups in total. The molecule has 0 spiro atoms. The van der Waals surface area contributed by atoms with Crippen LogP contribution in [-0.2, 0) is 6.61 Å². The molecule has 3 aromatic rings. The second-order valence-corrected chi connectivity index (χ2v) is 6.08. The van der Waals surface area contributed by atoms with Crippen molar-refractivity contribution in [3.8, 4) is 5.75 Å². The predicted molar refractivity (Wildman–Crippen MR) is 104 cm³/mol. The average Bonchev–Trinajstić information content (AvgIpc) is 2.64. The van der Waals surface area contributed by atoms with Gasteiger partial charge in [0.1, 0.15) is 12.4 Å². The van der Waals surface area contributed by atoms with E-state index in [2.05, 4.69) is 60.8 Å². The second kappa shape index (κ2) is 8.15. The second-order valence-electron chi connectivity index (χ2n) is 6.08. The molecule has 126 valence electrons. The van der Waals surface area contributed by atoms with E-state index in [-0.39, 0.29) is 0 Å². The molecule has 3 rings (SSSR count).